The lowest BCUT2D eigenvalue weighted by Crippen LogP contribution is -2.42. The average molecular weight is 492 g/mol. The van der Waals surface area contributed by atoms with E-state index in [1.165, 1.54) is 6.92 Å². The third-order valence-electron chi connectivity index (χ3n) is 6.40. The summed E-state index contributed by atoms with van der Waals surface area (Å²) < 4.78 is 5.53. The van der Waals surface area contributed by atoms with Crippen molar-refractivity contribution >= 4 is 51.8 Å². The van der Waals surface area contributed by atoms with Gasteiger partial charge in [0.2, 0.25) is 0 Å². The van der Waals surface area contributed by atoms with Crippen molar-refractivity contribution in [1.29, 1.82) is 0 Å². The number of fused-ring (bicyclic) bond motifs is 2. The Hall–Kier alpha value is -3.52. The Kier molecular flexibility index (Phi) is 6.76. The van der Waals surface area contributed by atoms with Crippen molar-refractivity contribution < 1.29 is 19.1 Å². The fourth-order valence-electron chi connectivity index (χ4n) is 4.41. The lowest BCUT2D eigenvalue weighted by Gasteiger charge is -2.36. The molecule has 3 N–H and O–H groups in total. The number of hydrogen-bond donors (Lipinski definition) is 2. The Morgan fingerprint density at radius 2 is 1.91 bits per heavy atom. The van der Waals surface area contributed by atoms with Gasteiger partial charge in [-0.05, 0) is 65.8 Å². The number of carbonyl (C=O) groups excluding carboxylic acids is 3. The number of nitrogens with one attached hydrogen (secondary N) is 1. The second-order valence-corrected chi connectivity index (χ2v) is 10.9. The summed E-state index contributed by atoms with van der Waals surface area (Å²) in [5, 5.41) is 4.66. The quantitative estimate of drug-likeness (QED) is 0.488. The van der Waals surface area contributed by atoms with Gasteiger partial charge in [-0.3, -0.25) is 10.1 Å². The molecule has 0 bridgehead atoms. The maximum Gasteiger partial charge on any atom is 0.339 e. The molecular weight excluding hydrogens is 462 g/mol. The van der Waals surface area contributed by atoms with Gasteiger partial charge in [0.15, 0.2) is 6.10 Å². The van der Waals surface area contributed by atoms with Crippen molar-refractivity contribution in [1.82, 2.24) is 10.3 Å². The second kappa shape index (κ2) is 9.62. The highest BCUT2D eigenvalue weighted by atomic mass is 32.1. The minimum atomic E-state index is -1.19. The normalized spacial score (nSPS) is 17.6. The number of nitrogens with zero attached hydrogens (tertiary/aromatic N) is 1. The van der Waals surface area contributed by atoms with E-state index < -0.39 is 24.0 Å². The number of carbonyl (C=O) groups is 3. The number of esters is 1. The molecule has 0 unspecified atom stereocenters. The Bertz CT molecular complexity index is 1320. The predicted octanol–water partition coefficient (Wildman–Crippen LogP) is 5.19. The van der Waals surface area contributed by atoms with Gasteiger partial charge < -0.3 is 10.5 Å². The first-order valence-corrected chi connectivity index (χ1v) is 12.4. The maximum absolute atomic E-state index is 13.5. The van der Waals surface area contributed by atoms with Gasteiger partial charge in [-0.25, -0.2) is 14.6 Å². The maximum atomic E-state index is 13.5. The average Bonchev–Trinajstić information content (AvgIpc) is 3.29. The molecule has 2 heterocycles. The van der Waals surface area contributed by atoms with Crippen molar-refractivity contribution in [2.24, 2.45) is 17.1 Å². The monoisotopic (exact) mass is 491 g/mol. The highest BCUT2D eigenvalue weighted by molar-refractivity contribution is 7.10. The number of para-hydroxylation sites is 1. The van der Waals surface area contributed by atoms with Crippen molar-refractivity contribution in [3.63, 3.8) is 0 Å². The van der Waals surface area contributed by atoms with Crippen LogP contribution in [-0.2, 0) is 16.0 Å². The third-order valence-corrected chi connectivity index (χ3v) is 7.22. The smallest absolute Gasteiger partial charge is 0.339 e. The van der Waals surface area contributed by atoms with Crippen LogP contribution < -0.4 is 11.1 Å². The lowest BCUT2D eigenvalue weighted by atomic mass is 9.69. The number of benzene rings is 1. The molecule has 3 amide bonds. The van der Waals surface area contributed by atoms with E-state index in [1.54, 1.807) is 11.3 Å². The van der Waals surface area contributed by atoms with E-state index in [2.05, 4.69) is 32.9 Å². The van der Waals surface area contributed by atoms with E-state index in [0.29, 0.717) is 22.9 Å². The summed E-state index contributed by atoms with van der Waals surface area (Å²) in [6.07, 6.45) is 2.46. The summed E-state index contributed by atoms with van der Waals surface area (Å²) in [6, 6.07) is 10.5. The van der Waals surface area contributed by atoms with E-state index in [4.69, 9.17) is 15.5 Å². The minimum Gasteiger partial charge on any atom is -0.449 e. The number of aromatic nitrogens is 1. The molecular formula is C27H29N3O4S. The second-order valence-electron chi connectivity index (χ2n) is 9.89. The Labute approximate surface area is 208 Å². The molecule has 1 aromatic carbocycles. The highest BCUT2D eigenvalue weighted by Gasteiger charge is 2.36. The molecule has 1 aliphatic carbocycles. The molecule has 4 rings (SSSR count). The minimum absolute atomic E-state index is 0.00624. The summed E-state index contributed by atoms with van der Waals surface area (Å²) in [4.78, 5) is 42.9. The fourth-order valence-corrected chi connectivity index (χ4v) is 5.09. The number of thiophene rings is 1. The Morgan fingerprint density at radius 3 is 2.57 bits per heavy atom. The molecule has 182 valence electrons. The first kappa shape index (κ1) is 24.6. The van der Waals surface area contributed by atoms with Crippen LogP contribution in [0.2, 0.25) is 0 Å². The van der Waals surface area contributed by atoms with Crippen molar-refractivity contribution in [2.75, 3.05) is 0 Å². The van der Waals surface area contributed by atoms with Gasteiger partial charge in [0, 0.05) is 10.3 Å². The van der Waals surface area contributed by atoms with Crippen LogP contribution in [0.1, 0.15) is 60.6 Å². The molecule has 2 atom stereocenters. The van der Waals surface area contributed by atoms with Gasteiger partial charge in [0.25, 0.3) is 5.91 Å². The van der Waals surface area contributed by atoms with Gasteiger partial charge in [-0.15, -0.1) is 11.3 Å². The number of rotatable bonds is 4. The molecule has 7 nitrogen and oxygen atoms in total. The first-order chi connectivity index (χ1) is 16.5. The highest BCUT2D eigenvalue weighted by Crippen LogP contribution is 2.45. The van der Waals surface area contributed by atoms with Gasteiger partial charge in [-0.2, -0.15) is 0 Å². The van der Waals surface area contributed by atoms with Crippen LogP contribution in [0.5, 0.6) is 0 Å². The predicted molar refractivity (Wildman–Crippen MR) is 138 cm³/mol. The van der Waals surface area contributed by atoms with Crippen LogP contribution in [-0.4, -0.2) is 29.0 Å². The summed E-state index contributed by atoms with van der Waals surface area (Å²) in [6.45, 7) is 8.02. The van der Waals surface area contributed by atoms with Gasteiger partial charge in [-0.1, -0.05) is 45.0 Å². The van der Waals surface area contributed by atoms with E-state index in [1.807, 2.05) is 41.0 Å². The molecule has 0 fully saturated rings. The topological polar surface area (TPSA) is 111 Å². The van der Waals surface area contributed by atoms with E-state index in [-0.39, 0.29) is 11.3 Å². The number of primary amides is 1. The largest absolute Gasteiger partial charge is 0.449 e. The molecule has 0 radical (unpaired) electrons. The zero-order valence-corrected chi connectivity index (χ0v) is 21.1. The fraction of sp³-hybridized carbons (Fsp3) is 0.333. The first-order valence-electron chi connectivity index (χ1n) is 11.5. The molecule has 3 aromatic rings. The van der Waals surface area contributed by atoms with Crippen molar-refractivity contribution in [3.05, 3.63) is 63.5 Å². The lowest BCUT2D eigenvalue weighted by molar-refractivity contribution is -0.127. The van der Waals surface area contributed by atoms with Crippen molar-refractivity contribution in [3.8, 4) is 0 Å². The van der Waals surface area contributed by atoms with E-state index in [9.17, 15) is 14.4 Å². The molecule has 8 heteroatoms. The molecule has 1 aliphatic rings. The molecule has 0 aliphatic heterocycles. The van der Waals surface area contributed by atoms with E-state index in [0.717, 1.165) is 28.1 Å². The van der Waals surface area contributed by atoms with Gasteiger partial charge in [0.05, 0.1) is 16.8 Å². The zero-order valence-electron chi connectivity index (χ0n) is 20.3. The number of urea groups is 1. The molecule has 0 saturated heterocycles. The number of nitrogens with two attached hydrogens (primary N) is 1. The summed E-state index contributed by atoms with van der Waals surface area (Å²) in [5.41, 5.74) is 8.82. The van der Waals surface area contributed by atoms with E-state index >= 15 is 0 Å². The number of imide groups is 1. The Balaban J connectivity index is 1.87. The summed E-state index contributed by atoms with van der Waals surface area (Å²) in [7, 11) is 0. The number of amides is 3. The van der Waals surface area contributed by atoms with Crippen LogP contribution in [0, 0.1) is 11.3 Å². The number of ether oxygens (including phenoxy) is 1. The van der Waals surface area contributed by atoms with Crippen LogP contribution >= 0.6 is 11.3 Å². The van der Waals surface area contributed by atoms with Crippen LogP contribution in [0.4, 0.5) is 4.79 Å². The third kappa shape index (κ3) is 5.27. The van der Waals surface area contributed by atoms with Gasteiger partial charge in [0.1, 0.15) is 0 Å². The molecule has 0 saturated carbocycles. The zero-order chi connectivity index (χ0) is 25.3. The van der Waals surface area contributed by atoms with Crippen LogP contribution in [0.3, 0.4) is 0 Å². The summed E-state index contributed by atoms with van der Waals surface area (Å²) >= 11 is 1.65. The standard InChI is InChI=1S/C27H29N3O4S/c1-15(24(31)30-26(28)33)34-25(32)22-19-9-5-6-10-21(19)29-23-16(13-18-8-7-11-35-18)12-17(14-20(22)23)27(2,3)4/h5-11,13,15,17H,12,14H2,1-4H3,(H3,28,30,31,33)/b16-13-/t15-,17+/m1/s1. The van der Waals surface area contributed by atoms with Gasteiger partial charge >= 0.3 is 12.0 Å². The Morgan fingerprint density at radius 1 is 1.17 bits per heavy atom. The molecule has 35 heavy (non-hydrogen) atoms. The van der Waals surface area contributed by atoms with Crippen LogP contribution in [0.25, 0.3) is 22.6 Å². The number of hydrogen-bond acceptors (Lipinski definition) is 6. The molecule has 2 aromatic heterocycles. The number of allylic oxidation sites excluding steroid dienone is 1. The SMILES string of the molecule is C[C@@H](OC(=O)c1c2c(nc3ccccc13)/C(=C\c1cccs1)C[C@H](C(C)(C)C)C2)C(=O)NC(N)=O. The number of pyridine rings is 1. The molecule has 0 spiro atoms. The van der Waals surface area contributed by atoms with Crippen molar-refractivity contribution in [2.45, 2.75) is 46.6 Å². The van der Waals surface area contributed by atoms with Crippen LogP contribution in [0.15, 0.2) is 41.8 Å². The summed E-state index contributed by atoms with van der Waals surface area (Å²) in [5.74, 6) is -1.13.